The van der Waals surface area contributed by atoms with E-state index in [-0.39, 0.29) is 0 Å². The lowest BCUT2D eigenvalue weighted by Crippen LogP contribution is -2.22. The fourth-order valence-corrected chi connectivity index (χ4v) is 1.30. The summed E-state index contributed by atoms with van der Waals surface area (Å²) in [5.41, 5.74) is 0. The van der Waals surface area contributed by atoms with E-state index < -0.39 is 14.0 Å². The highest BCUT2D eigenvalue weighted by molar-refractivity contribution is 6.76. The minimum absolute atomic E-state index is 0.407. The van der Waals surface area contributed by atoms with Crippen molar-refractivity contribution in [2.45, 2.75) is 32.6 Å². The van der Waals surface area contributed by atoms with E-state index in [4.69, 9.17) is 4.74 Å². The molecule has 0 amide bonds. The van der Waals surface area contributed by atoms with Gasteiger partial charge in [-0.1, -0.05) is 25.6 Å². The molecule has 0 aliphatic heterocycles. The maximum atomic E-state index is 10.7. The first-order valence-electron chi connectivity index (χ1n) is 4.05. The monoisotopic (exact) mass is 184 g/mol. The Morgan fingerprint density at radius 1 is 1.42 bits per heavy atom. The molecular formula is C9H16O2Si. The Morgan fingerprint density at radius 3 is 2.42 bits per heavy atom. The van der Waals surface area contributed by atoms with Gasteiger partial charge in [-0.2, -0.15) is 0 Å². The first-order valence-corrected chi connectivity index (χ1v) is 7.76. The van der Waals surface area contributed by atoms with Crippen molar-refractivity contribution in [2.75, 3.05) is 6.61 Å². The summed E-state index contributed by atoms with van der Waals surface area (Å²) in [6, 6.07) is 1.00. The smallest absolute Gasteiger partial charge is 0.384 e. The van der Waals surface area contributed by atoms with Crippen LogP contribution in [0.1, 0.15) is 6.92 Å². The van der Waals surface area contributed by atoms with Gasteiger partial charge >= 0.3 is 5.97 Å². The van der Waals surface area contributed by atoms with Crippen LogP contribution in [-0.4, -0.2) is 20.7 Å². The first-order chi connectivity index (χ1) is 5.45. The molecule has 0 N–H and O–H groups in total. The fourth-order valence-electron chi connectivity index (χ4n) is 0.588. The molecule has 0 saturated heterocycles. The predicted octanol–water partition coefficient (Wildman–Crippen LogP) is 1.89. The molecule has 0 aliphatic rings. The second-order valence-electron chi connectivity index (χ2n) is 3.82. The van der Waals surface area contributed by atoms with Crippen molar-refractivity contribution in [2.24, 2.45) is 0 Å². The van der Waals surface area contributed by atoms with Gasteiger partial charge in [-0.3, -0.25) is 0 Å². The van der Waals surface area contributed by atoms with Gasteiger partial charge in [-0.25, -0.2) is 4.79 Å². The highest BCUT2D eigenvalue weighted by Gasteiger charge is 2.12. The number of esters is 1. The lowest BCUT2D eigenvalue weighted by atomic mass is 10.6. The van der Waals surface area contributed by atoms with Crippen LogP contribution in [0.4, 0.5) is 0 Å². The van der Waals surface area contributed by atoms with E-state index in [1.807, 2.05) is 0 Å². The van der Waals surface area contributed by atoms with Crippen molar-refractivity contribution in [1.82, 2.24) is 0 Å². The highest BCUT2D eigenvalue weighted by atomic mass is 28.3. The molecule has 0 aromatic rings. The molecule has 0 unspecified atom stereocenters. The van der Waals surface area contributed by atoms with E-state index in [0.29, 0.717) is 6.61 Å². The summed E-state index contributed by atoms with van der Waals surface area (Å²) in [6.07, 6.45) is 0. The molecule has 0 atom stereocenters. The van der Waals surface area contributed by atoms with E-state index in [2.05, 4.69) is 31.5 Å². The maximum absolute atomic E-state index is 10.7. The molecule has 0 aliphatic carbocycles. The summed E-state index contributed by atoms with van der Waals surface area (Å²) in [7, 11) is -1.07. The number of hydrogen-bond donors (Lipinski definition) is 0. The molecule has 0 aromatic heterocycles. The molecule has 0 spiro atoms. The number of ether oxygens (including phenoxy) is 1. The third-order valence-corrected chi connectivity index (χ3v) is 3.02. The van der Waals surface area contributed by atoms with Crippen LogP contribution in [0.5, 0.6) is 0 Å². The minimum atomic E-state index is -1.07. The van der Waals surface area contributed by atoms with Crippen molar-refractivity contribution < 1.29 is 9.53 Å². The van der Waals surface area contributed by atoms with E-state index in [0.717, 1.165) is 6.04 Å². The molecule has 12 heavy (non-hydrogen) atoms. The number of carbonyl (C=O) groups excluding carboxylic acids is 1. The summed E-state index contributed by atoms with van der Waals surface area (Å²) in [5, 5.41) is 0. The Kier molecular flexibility index (Phi) is 4.68. The zero-order valence-electron chi connectivity index (χ0n) is 8.23. The number of carbonyl (C=O) groups is 1. The molecule has 0 rings (SSSR count). The molecule has 0 fully saturated rings. The fraction of sp³-hybridized carbons (Fsp3) is 0.667. The zero-order chi connectivity index (χ0) is 9.61. The quantitative estimate of drug-likeness (QED) is 0.290. The summed E-state index contributed by atoms with van der Waals surface area (Å²) in [5.74, 6) is 4.43. The molecule has 0 radical (unpaired) electrons. The van der Waals surface area contributed by atoms with Crippen LogP contribution < -0.4 is 0 Å². The van der Waals surface area contributed by atoms with E-state index >= 15 is 0 Å². The van der Waals surface area contributed by atoms with Gasteiger partial charge in [0.05, 0.1) is 6.61 Å². The standard InChI is InChI=1S/C9H16O2Si/c1-5-6-9(10)11-7-8-12(2,3)4/h7-8H2,1-4H3. The van der Waals surface area contributed by atoms with Crippen molar-refractivity contribution in [3.05, 3.63) is 0 Å². The molecule has 68 valence electrons. The van der Waals surface area contributed by atoms with Gasteiger partial charge in [0, 0.05) is 14.0 Å². The average molecular weight is 184 g/mol. The van der Waals surface area contributed by atoms with E-state index in [1.165, 1.54) is 0 Å². The SMILES string of the molecule is CC#CC(=O)OCC[Si](C)(C)C. The topological polar surface area (TPSA) is 26.3 Å². The molecular weight excluding hydrogens is 168 g/mol. The van der Waals surface area contributed by atoms with Crippen LogP contribution in [0, 0.1) is 11.8 Å². The maximum Gasteiger partial charge on any atom is 0.384 e. The Hall–Kier alpha value is -0.753. The molecule has 0 bridgehead atoms. The van der Waals surface area contributed by atoms with Gasteiger partial charge in [0.25, 0.3) is 0 Å². The second-order valence-corrected chi connectivity index (χ2v) is 9.44. The van der Waals surface area contributed by atoms with Crippen molar-refractivity contribution >= 4 is 14.0 Å². The molecule has 0 saturated carbocycles. The molecule has 2 nitrogen and oxygen atoms in total. The Morgan fingerprint density at radius 2 is 2.00 bits per heavy atom. The van der Waals surface area contributed by atoms with Crippen LogP contribution in [0.2, 0.25) is 25.7 Å². The molecule has 0 heterocycles. The van der Waals surface area contributed by atoms with Gasteiger partial charge in [-0.15, -0.1) is 0 Å². The van der Waals surface area contributed by atoms with Gasteiger partial charge in [0.15, 0.2) is 0 Å². The zero-order valence-corrected chi connectivity index (χ0v) is 9.23. The minimum Gasteiger partial charge on any atom is -0.456 e. The second kappa shape index (κ2) is 4.99. The normalized spacial score (nSPS) is 10.0. The Balaban J connectivity index is 3.55. The third kappa shape index (κ3) is 7.36. The van der Waals surface area contributed by atoms with Crippen molar-refractivity contribution in [1.29, 1.82) is 0 Å². The van der Waals surface area contributed by atoms with Crippen molar-refractivity contribution in [3.63, 3.8) is 0 Å². The number of rotatable bonds is 3. The average Bonchev–Trinajstić information content (AvgIpc) is 1.84. The van der Waals surface area contributed by atoms with E-state index in [1.54, 1.807) is 6.92 Å². The van der Waals surface area contributed by atoms with Crippen LogP contribution in [0.15, 0.2) is 0 Å². The number of hydrogen-bond acceptors (Lipinski definition) is 2. The predicted molar refractivity (Wildman–Crippen MR) is 52.6 cm³/mol. The molecule has 3 heteroatoms. The van der Waals surface area contributed by atoms with Gasteiger partial charge in [-0.05, 0) is 13.0 Å². The Labute approximate surface area is 75.3 Å². The molecule has 0 aromatic carbocycles. The third-order valence-electron chi connectivity index (χ3n) is 1.31. The highest BCUT2D eigenvalue weighted by Crippen LogP contribution is 2.07. The van der Waals surface area contributed by atoms with Crippen molar-refractivity contribution in [3.8, 4) is 11.8 Å². The van der Waals surface area contributed by atoms with Gasteiger partial charge in [0.2, 0.25) is 0 Å². The lowest BCUT2D eigenvalue weighted by Gasteiger charge is -2.14. The summed E-state index contributed by atoms with van der Waals surface area (Å²) in [6.45, 7) is 8.87. The van der Waals surface area contributed by atoms with Gasteiger partial charge in [0.1, 0.15) is 0 Å². The summed E-state index contributed by atoms with van der Waals surface area (Å²) < 4.78 is 4.88. The van der Waals surface area contributed by atoms with Crippen LogP contribution >= 0.6 is 0 Å². The van der Waals surface area contributed by atoms with Crippen LogP contribution in [0.25, 0.3) is 0 Å². The largest absolute Gasteiger partial charge is 0.456 e. The van der Waals surface area contributed by atoms with Crippen LogP contribution in [0.3, 0.4) is 0 Å². The summed E-state index contributed by atoms with van der Waals surface area (Å²) >= 11 is 0. The first kappa shape index (κ1) is 11.2. The van der Waals surface area contributed by atoms with Gasteiger partial charge < -0.3 is 4.74 Å². The van der Waals surface area contributed by atoms with E-state index in [9.17, 15) is 4.79 Å². The lowest BCUT2D eigenvalue weighted by molar-refractivity contribution is -0.136. The van der Waals surface area contributed by atoms with Crippen LogP contribution in [-0.2, 0) is 9.53 Å². The Bertz CT molecular complexity index is 205. The summed E-state index contributed by atoms with van der Waals surface area (Å²) in [4.78, 5) is 10.7.